The fraction of sp³-hybridized carbons (Fsp3) is 0.600. The van der Waals surface area contributed by atoms with Gasteiger partial charge in [0.05, 0.1) is 6.54 Å². The smallest absolute Gasteiger partial charge is 0.236 e. The molecule has 1 aliphatic carbocycles. The molecule has 0 radical (unpaired) electrons. The predicted octanol–water partition coefficient (Wildman–Crippen LogP) is 1.03. The van der Waals surface area contributed by atoms with Gasteiger partial charge in [-0.3, -0.25) is 14.5 Å². The first-order chi connectivity index (χ1) is 13.1. The van der Waals surface area contributed by atoms with Gasteiger partial charge in [-0.25, -0.2) is 4.39 Å². The highest BCUT2D eigenvalue weighted by molar-refractivity contribution is 5.81. The van der Waals surface area contributed by atoms with Crippen LogP contribution in [0.25, 0.3) is 0 Å². The first-order valence-corrected chi connectivity index (χ1v) is 9.89. The summed E-state index contributed by atoms with van der Waals surface area (Å²) in [6.07, 6.45) is 2.09. The minimum Gasteiger partial charge on any atom is -0.368 e. The zero-order chi connectivity index (χ0) is 18.8. The topological polar surface area (TPSA) is 47.1 Å². The lowest BCUT2D eigenvalue weighted by molar-refractivity contribution is -0.136. The molecule has 1 saturated carbocycles. The second-order valence-electron chi connectivity index (χ2n) is 7.72. The molecule has 0 unspecified atom stereocenters. The van der Waals surface area contributed by atoms with Crippen LogP contribution < -0.4 is 4.90 Å². The average molecular weight is 374 g/mol. The van der Waals surface area contributed by atoms with Crippen molar-refractivity contribution in [3.63, 3.8) is 0 Å². The van der Waals surface area contributed by atoms with Crippen molar-refractivity contribution >= 4 is 17.5 Å². The van der Waals surface area contributed by atoms with Crippen LogP contribution in [0, 0.1) is 11.7 Å². The first kappa shape index (κ1) is 18.2. The van der Waals surface area contributed by atoms with Gasteiger partial charge in [0.15, 0.2) is 0 Å². The molecule has 3 aliphatic rings. The third kappa shape index (κ3) is 4.40. The standard InChI is InChI=1S/C20H27FN4O2/c21-17-3-5-18(6-4-17)23-11-13-24(14-12-23)19(26)15-22-7-9-25(10-8-22)20(27)16-1-2-16/h3-6,16H,1-2,7-15H2. The number of piperazine rings is 2. The van der Waals surface area contributed by atoms with Gasteiger partial charge in [-0.05, 0) is 37.1 Å². The minimum atomic E-state index is -0.230. The number of carbonyl (C=O) groups is 2. The molecule has 1 aromatic carbocycles. The zero-order valence-corrected chi connectivity index (χ0v) is 15.6. The van der Waals surface area contributed by atoms with E-state index in [0.717, 1.165) is 57.8 Å². The zero-order valence-electron chi connectivity index (χ0n) is 15.6. The van der Waals surface area contributed by atoms with Crippen LogP contribution in [0.5, 0.6) is 0 Å². The molecular weight excluding hydrogens is 347 g/mol. The minimum absolute atomic E-state index is 0.163. The van der Waals surface area contributed by atoms with Crippen LogP contribution in [0.2, 0.25) is 0 Å². The molecule has 2 amide bonds. The lowest BCUT2D eigenvalue weighted by atomic mass is 10.2. The second-order valence-corrected chi connectivity index (χ2v) is 7.72. The van der Waals surface area contributed by atoms with Gasteiger partial charge in [0.2, 0.25) is 11.8 Å². The number of hydrogen-bond donors (Lipinski definition) is 0. The molecule has 0 spiro atoms. The van der Waals surface area contributed by atoms with E-state index in [1.807, 2.05) is 9.80 Å². The van der Waals surface area contributed by atoms with Crippen molar-refractivity contribution in [3.8, 4) is 0 Å². The summed E-state index contributed by atoms with van der Waals surface area (Å²) in [5.41, 5.74) is 1.000. The molecule has 4 rings (SSSR count). The summed E-state index contributed by atoms with van der Waals surface area (Å²) in [5, 5.41) is 0. The van der Waals surface area contributed by atoms with E-state index in [-0.39, 0.29) is 17.6 Å². The number of amides is 2. The quantitative estimate of drug-likeness (QED) is 0.790. The van der Waals surface area contributed by atoms with Crippen LogP contribution >= 0.6 is 0 Å². The summed E-state index contributed by atoms with van der Waals surface area (Å²) in [7, 11) is 0. The van der Waals surface area contributed by atoms with Crippen LogP contribution in [0.4, 0.5) is 10.1 Å². The molecule has 1 aromatic rings. The molecular formula is C20H27FN4O2. The molecule has 146 valence electrons. The number of rotatable bonds is 4. The third-order valence-corrected chi connectivity index (χ3v) is 5.79. The van der Waals surface area contributed by atoms with E-state index in [0.29, 0.717) is 25.5 Å². The lowest BCUT2D eigenvalue weighted by Gasteiger charge is -2.38. The summed E-state index contributed by atoms with van der Waals surface area (Å²) in [6.45, 7) is 6.37. The average Bonchev–Trinajstić information content (AvgIpc) is 3.54. The molecule has 0 bridgehead atoms. The van der Waals surface area contributed by atoms with Crippen molar-refractivity contribution in [1.82, 2.24) is 14.7 Å². The Morgan fingerprint density at radius 2 is 1.44 bits per heavy atom. The number of hydrogen-bond acceptors (Lipinski definition) is 4. The Morgan fingerprint density at radius 3 is 2.04 bits per heavy atom. The van der Waals surface area contributed by atoms with E-state index in [4.69, 9.17) is 0 Å². The van der Waals surface area contributed by atoms with E-state index in [2.05, 4.69) is 9.80 Å². The maximum absolute atomic E-state index is 13.1. The van der Waals surface area contributed by atoms with Gasteiger partial charge < -0.3 is 14.7 Å². The first-order valence-electron chi connectivity index (χ1n) is 9.89. The van der Waals surface area contributed by atoms with E-state index >= 15 is 0 Å². The molecule has 7 heteroatoms. The fourth-order valence-corrected chi connectivity index (χ4v) is 3.87. The SMILES string of the molecule is O=C(CN1CCN(C(=O)C2CC2)CC1)N1CCN(c2ccc(F)cc2)CC1. The van der Waals surface area contributed by atoms with Gasteiger partial charge in [-0.1, -0.05) is 0 Å². The van der Waals surface area contributed by atoms with Crippen molar-refractivity contribution < 1.29 is 14.0 Å². The summed E-state index contributed by atoms with van der Waals surface area (Å²) < 4.78 is 13.1. The molecule has 0 aromatic heterocycles. The van der Waals surface area contributed by atoms with E-state index in [9.17, 15) is 14.0 Å². The Labute approximate surface area is 159 Å². The van der Waals surface area contributed by atoms with E-state index in [1.165, 1.54) is 12.1 Å². The Morgan fingerprint density at radius 1 is 0.852 bits per heavy atom. The highest BCUT2D eigenvalue weighted by atomic mass is 19.1. The molecule has 2 heterocycles. The molecule has 0 N–H and O–H groups in total. The van der Waals surface area contributed by atoms with Gasteiger partial charge in [0.25, 0.3) is 0 Å². The lowest BCUT2D eigenvalue weighted by Crippen LogP contribution is -2.54. The number of anilines is 1. The predicted molar refractivity (Wildman–Crippen MR) is 101 cm³/mol. The highest BCUT2D eigenvalue weighted by Gasteiger charge is 2.35. The molecule has 27 heavy (non-hydrogen) atoms. The maximum atomic E-state index is 13.1. The molecule has 2 aliphatic heterocycles. The van der Waals surface area contributed by atoms with E-state index in [1.54, 1.807) is 12.1 Å². The van der Waals surface area contributed by atoms with Crippen molar-refractivity contribution in [2.24, 2.45) is 5.92 Å². The third-order valence-electron chi connectivity index (χ3n) is 5.79. The highest BCUT2D eigenvalue weighted by Crippen LogP contribution is 2.31. The van der Waals surface area contributed by atoms with Crippen LogP contribution in [0.1, 0.15) is 12.8 Å². The summed E-state index contributed by atoms with van der Waals surface area (Å²) in [5.74, 6) is 0.510. The van der Waals surface area contributed by atoms with Crippen LogP contribution in [-0.4, -0.2) is 85.4 Å². The van der Waals surface area contributed by atoms with Crippen molar-refractivity contribution in [3.05, 3.63) is 30.1 Å². The largest absolute Gasteiger partial charge is 0.368 e. The number of nitrogens with zero attached hydrogens (tertiary/aromatic N) is 4. The van der Waals surface area contributed by atoms with E-state index < -0.39 is 0 Å². The van der Waals surface area contributed by atoms with Crippen molar-refractivity contribution in [1.29, 1.82) is 0 Å². The second kappa shape index (κ2) is 7.84. The fourth-order valence-electron chi connectivity index (χ4n) is 3.87. The Bertz CT molecular complexity index is 676. The van der Waals surface area contributed by atoms with Gasteiger partial charge in [0.1, 0.15) is 5.82 Å². The Kier molecular flexibility index (Phi) is 5.29. The van der Waals surface area contributed by atoms with Gasteiger partial charge in [0, 0.05) is 64.0 Å². The van der Waals surface area contributed by atoms with Crippen molar-refractivity contribution in [2.75, 3.05) is 63.8 Å². The van der Waals surface area contributed by atoms with Crippen LogP contribution in [0.15, 0.2) is 24.3 Å². The van der Waals surface area contributed by atoms with Gasteiger partial charge in [-0.2, -0.15) is 0 Å². The molecule has 3 fully saturated rings. The molecule has 0 atom stereocenters. The number of benzene rings is 1. The molecule has 2 saturated heterocycles. The van der Waals surface area contributed by atoms with Gasteiger partial charge in [-0.15, -0.1) is 0 Å². The maximum Gasteiger partial charge on any atom is 0.236 e. The van der Waals surface area contributed by atoms with Crippen LogP contribution in [-0.2, 0) is 9.59 Å². The number of carbonyl (C=O) groups excluding carboxylic acids is 2. The molecule has 6 nitrogen and oxygen atoms in total. The number of halogens is 1. The summed E-state index contributed by atoms with van der Waals surface area (Å²) in [6, 6.07) is 6.52. The van der Waals surface area contributed by atoms with Gasteiger partial charge >= 0.3 is 0 Å². The summed E-state index contributed by atoms with van der Waals surface area (Å²) >= 11 is 0. The monoisotopic (exact) mass is 374 g/mol. The van der Waals surface area contributed by atoms with Crippen LogP contribution in [0.3, 0.4) is 0 Å². The Balaban J connectivity index is 1.20. The Hall–Kier alpha value is -2.15. The normalized spacial score (nSPS) is 21.4. The summed E-state index contributed by atoms with van der Waals surface area (Å²) in [4.78, 5) is 33.0. The van der Waals surface area contributed by atoms with Crippen molar-refractivity contribution in [2.45, 2.75) is 12.8 Å².